The van der Waals surface area contributed by atoms with Crippen LogP contribution in [-0.4, -0.2) is 29.6 Å². The van der Waals surface area contributed by atoms with Gasteiger partial charge in [-0.3, -0.25) is 0 Å². The Hall–Kier alpha value is -0.290. The van der Waals surface area contributed by atoms with Crippen LogP contribution in [-0.2, 0) is 4.74 Å². The van der Waals surface area contributed by atoms with E-state index in [-0.39, 0.29) is 0 Å². The van der Waals surface area contributed by atoms with Gasteiger partial charge in [-0.1, -0.05) is 0 Å². The molecule has 1 unspecified atom stereocenters. The zero-order chi connectivity index (χ0) is 7.94. The molecule has 10 heavy (non-hydrogen) atoms. The maximum absolute atomic E-state index is 11.6. The highest BCUT2D eigenvalue weighted by Gasteiger charge is 2.53. The molecule has 0 aromatic carbocycles. The molecule has 1 N–H and O–H groups in total. The first-order chi connectivity index (χ1) is 4.43. The van der Waals surface area contributed by atoms with Gasteiger partial charge in [0.1, 0.15) is 6.10 Å². The van der Waals surface area contributed by atoms with Crippen molar-refractivity contribution in [2.75, 3.05) is 0 Å². The maximum atomic E-state index is 11.6. The fourth-order valence-corrected chi connectivity index (χ4v) is 0.720. The normalized spacial score (nSPS) is 35.7. The van der Waals surface area contributed by atoms with Crippen LogP contribution in [0.4, 0.5) is 13.2 Å². The summed E-state index contributed by atoms with van der Waals surface area (Å²) in [5.74, 6) is 0. The van der Waals surface area contributed by atoms with Crippen molar-refractivity contribution < 1.29 is 23.0 Å². The topological polar surface area (TPSA) is 32.8 Å². The minimum absolute atomic E-state index is 0.461. The van der Waals surface area contributed by atoms with Gasteiger partial charge in [-0.25, -0.2) is 0 Å². The number of aliphatic hydroxyl groups excluding tert-OH is 1. The van der Waals surface area contributed by atoms with Gasteiger partial charge >= 0.3 is 6.18 Å². The fourth-order valence-electron chi connectivity index (χ4n) is 0.720. The fraction of sp³-hybridized carbons (Fsp3) is 1.00. The molecule has 0 bridgehead atoms. The number of alkyl halides is 3. The first-order valence-electron chi connectivity index (χ1n) is 2.83. The minimum Gasteiger partial charge on any atom is -0.381 e. The monoisotopic (exact) mass is 156 g/mol. The second-order valence-electron chi connectivity index (χ2n) is 2.29. The van der Waals surface area contributed by atoms with E-state index in [1.54, 1.807) is 0 Å². The molecule has 1 heterocycles. The summed E-state index contributed by atoms with van der Waals surface area (Å²) in [7, 11) is 0. The van der Waals surface area contributed by atoms with Crippen molar-refractivity contribution in [3.8, 4) is 0 Å². The molecule has 0 saturated carbocycles. The summed E-state index contributed by atoms with van der Waals surface area (Å²) >= 11 is 0. The van der Waals surface area contributed by atoms with Crippen LogP contribution < -0.4 is 0 Å². The molecular weight excluding hydrogens is 149 g/mol. The van der Waals surface area contributed by atoms with Crippen LogP contribution in [0.1, 0.15) is 6.92 Å². The molecule has 5 heteroatoms. The van der Waals surface area contributed by atoms with Gasteiger partial charge in [-0.2, -0.15) is 13.2 Å². The molecule has 0 aromatic heterocycles. The zero-order valence-electron chi connectivity index (χ0n) is 5.22. The number of hydrogen-bond donors (Lipinski definition) is 1. The van der Waals surface area contributed by atoms with Gasteiger partial charge in [0.15, 0.2) is 6.10 Å². The number of rotatable bonds is 1. The van der Waals surface area contributed by atoms with Crippen LogP contribution in [0.25, 0.3) is 0 Å². The van der Waals surface area contributed by atoms with E-state index in [0.29, 0.717) is 0 Å². The summed E-state index contributed by atoms with van der Waals surface area (Å²) in [6, 6.07) is 0. The van der Waals surface area contributed by atoms with Gasteiger partial charge in [-0.15, -0.1) is 0 Å². The lowest BCUT2D eigenvalue weighted by atomic mass is 10.2. The molecule has 1 aliphatic rings. The van der Waals surface area contributed by atoms with E-state index in [9.17, 15) is 13.2 Å². The van der Waals surface area contributed by atoms with Gasteiger partial charge in [0.25, 0.3) is 0 Å². The van der Waals surface area contributed by atoms with Crippen molar-refractivity contribution >= 4 is 0 Å². The van der Waals surface area contributed by atoms with Crippen LogP contribution in [0.2, 0.25) is 0 Å². The quantitative estimate of drug-likeness (QED) is 0.567. The summed E-state index contributed by atoms with van der Waals surface area (Å²) in [6.45, 7) is 1.49. The Morgan fingerprint density at radius 2 is 1.90 bits per heavy atom. The van der Waals surface area contributed by atoms with E-state index >= 15 is 0 Å². The molecule has 0 spiro atoms. The Morgan fingerprint density at radius 3 is 2.00 bits per heavy atom. The molecule has 0 amide bonds. The van der Waals surface area contributed by atoms with E-state index in [0.717, 1.165) is 0 Å². The summed E-state index contributed by atoms with van der Waals surface area (Å²) in [6.07, 6.45) is -8.37. The molecule has 1 saturated heterocycles. The molecule has 1 aliphatic heterocycles. The summed E-state index contributed by atoms with van der Waals surface area (Å²) in [5, 5.41) is 8.45. The largest absolute Gasteiger partial charge is 0.417 e. The van der Waals surface area contributed by atoms with Crippen molar-refractivity contribution in [2.45, 2.75) is 31.4 Å². The molecule has 1 rings (SSSR count). The minimum atomic E-state index is -4.55. The van der Waals surface area contributed by atoms with Gasteiger partial charge in [-0.05, 0) is 6.92 Å². The average molecular weight is 156 g/mol. The summed E-state index contributed by atoms with van der Waals surface area (Å²) < 4.78 is 39.2. The highest BCUT2D eigenvalue weighted by molar-refractivity contribution is 4.90. The average Bonchev–Trinajstić information content (AvgIpc) is 2.42. The van der Waals surface area contributed by atoms with Crippen LogP contribution >= 0.6 is 0 Å². The number of hydrogen-bond acceptors (Lipinski definition) is 2. The first-order valence-corrected chi connectivity index (χ1v) is 2.83. The van der Waals surface area contributed by atoms with E-state index in [1.165, 1.54) is 6.92 Å². The Kier molecular flexibility index (Phi) is 1.64. The molecular formula is C5H7F3O2. The van der Waals surface area contributed by atoms with Crippen molar-refractivity contribution in [1.29, 1.82) is 0 Å². The van der Waals surface area contributed by atoms with Gasteiger partial charge in [0.2, 0.25) is 0 Å². The molecule has 1 fully saturated rings. The maximum Gasteiger partial charge on any atom is 0.417 e. The molecule has 3 atom stereocenters. The number of aliphatic hydroxyl groups is 1. The van der Waals surface area contributed by atoms with Crippen LogP contribution in [0, 0.1) is 0 Å². The molecule has 0 aliphatic carbocycles. The highest BCUT2D eigenvalue weighted by Crippen LogP contribution is 2.33. The van der Waals surface area contributed by atoms with Crippen LogP contribution in [0.5, 0.6) is 0 Å². The third-order valence-electron chi connectivity index (χ3n) is 1.40. The number of halogens is 3. The molecule has 60 valence electrons. The lowest BCUT2D eigenvalue weighted by Crippen LogP contribution is -2.34. The Balaban J connectivity index is 2.42. The second kappa shape index (κ2) is 2.10. The Morgan fingerprint density at radius 1 is 1.50 bits per heavy atom. The van der Waals surface area contributed by atoms with Crippen molar-refractivity contribution in [3.05, 3.63) is 0 Å². The summed E-state index contributed by atoms with van der Waals surface area (Å²) in [5.41, 5.74) is 0. The van der Waals surface area contributed by atoms with Crippen LogP contribution in [0.15, 0.2) is 0 Å². The predicted octanol–water partition coefficient (Wildman–Crippen LogP) is 0.697. The van der Waals surface area contributed by atoms with Gasteiger partial charge < -0.3 is 9.84 Å². The first kappa shape index (κ1) is 7.81. The van der Waals surface area contributed by atoms with Crippen molar-refractivity contribution in [3.63, 3.8) is 0 Å². The molecule has 0 radical (unpaired) electrons. The van der Waals surface area contributed by atoms with Crippen molar-refractivity contribution in [2.24, 2.45) is 0 Å². The third kappa shape index (κ3) is 1.41. The van der Waals surface area contributed by atoms with Gasteiger partial charge in [0, 0.05) is 0 Å². The summed E-state index contributed by atoms with van der Waals surface area (Å²) in [4.78, 5) is 0. The van der Waals surface area contributed by atoms with E-state index in [4.69, 9.17) is 5.11 Å². The van der Waals surface area contributed by atoms with E-state index in [1.807, 2.05) is 0 Å². The number of epoxide rings is 1. The van der Waals surface area contributed by atoms with Crippen molar-refractivity contribution in [1.82, 2.24) is 0 Å². The lowest BCUT2D eigenvalue weighted by molar-refractivity contribution is -0.208. The van der Waals surface area contributed by atoms with E-state index in [2.05, 4.69) is 4.74 Å². The lowest BCUT2D eigenvalue weighted by Gasteiger charge is -2.10. The van der Waals surface area contributed by atoms with Gasteiger partial charge in [0.05, 0.1) is 6.10 Å². The standard InChI is InChI=1S/C5H7F3O2/c1-2-3(10-2)4(9)5(6,7)8/h2-4,9H,1H3/t2-,3-,4?/m1/s1. The predicted molar refractivity (Wildman–Crippen MR) is 26.4 cm³/mol. The Bertz CT molecular complexity index is 133. The highest BCUT2D eigenvalue weighted by atomic mass is 19.4. The Labute approximate surface area is 55.6 Å². The number of ether oxygens (including phenoxy) is 1. The second-order valence-corrected chi connectivity index (χ2v) is 2.29. The van der Waals surface area contributed by atoms with E-state index < -0.39 is 24.5 Å². The molecule has 0 aromatic rings. The van der Waals surface area contributed by atoms with Crippen LogP contribution in [0.3, 0.4) is 0 Å². The SMILES string of the molecule is C[C@H]1O[C@H]1C(O)C(F)(F)F. The molecule has 2 nitrogen and oxygen atoms in total. The zero-order valence-corrected chi connectivity index (χ0v) is 5.22. The smallest absolute Gasteiger partial charge is 0.381 e. The third-order valence-corrected chi connectivity index (χ3v) is 1.40.